The molecule has 106 valence electrons. The Morgan fingerprint density at radius 3 is 1.75 bits per heavy atom. The summed E-state index contributed by atoms with van der Waals surface area (Å²) in [4.78, 5) is 0. The summed E-state index contributed by atoms with van der Waals surface area (Å²) in [5.41, 5.74) is 8.20. The van der Waals surface area contributed by atoms with E-state index in [0.29, 0.717) is 0 Å². The van der Waals surface area contributed by atoms with E-state index in [2.05, 4.69) is 50.5 Å². The second kappa shape index (κ2) is 5.71. The molecule has 2 aromatic rings. The van der Waals surface area contributed by atoms with Gasteiger partial charge in [0.2, 0.25) is 0 Å². The third-order valence-corrected chi connectivity index (χ3v) is 5.25. The van der Waals surface area contributed by atoms with E-state index in [1.807, 2.05) is 24.3 Å². The minimum Gasteiger partial charge on any atom is -0.384 e. The van der Waals surface area contributed by atoms with Gasteiger partial charge in [0.25, 0.3) is 0 Å². The molecule has 0 spiro atoms. The lowest BCUT2D eigenvalue weighted by Gasteiger charge is -2.23. The fourth-order valence-electron chi connectivity index (χ4n) is 2.79. The zero-order valence-corrected chi connectivity index (χ0v) is 14.3. The molecule has 0 aliphatic rings. The maximum Gasteiger partial charge on any atom is 0.106 e. The molecule has 1 nitrogen and oxygen atoms in total. The summed E-state index contributed by atoms with van der Waals surface area (Å²) in [7, 11) is 0. The van der Waals surface area contributed by atoms with Gasteiger partial charge >= 0.3 is 0 Å². The molecule has 1 N–H and O–H groups in total. The van der Waals surface area contributed by atoms with E-state index in [1.165, 1.54) is 27.8 Å². The van der Waals surface area contributed by atoms with Gasteiger partial charge in [-0.2, -0.15) is 0 Å². The van der Waals surface area contributed by atoms with Crippen molar-refractivity contribution in [2.75, 3.05) is 0 Å². The summed E-state index contributed by atoms with van der Waals surface area (Å²) in [6, 6.07) is 7.86. The Bertz CT molecular complexity index is 630. The van der Waals surface area contributed by atoms with Gasteiger partial charge < -0.3 is 5.11 Å². The van der Waals surface area contributed by atoms with Crippen LogP contribution in [0.25, 0.3) is 0 Å². The third kappa shape index (κ3) is 2.43. The van der Waals surface area contributed by atoms with Crippen LogP contribution in [0.4, 0.5) is 0 Å². The van der Waals surface area contributed by atoms with Gasteiger partial charge in [-0.1, -0.05) is 34.1 Å². The van der Waals surface area contributed by atoms with E-state index < -0.39 is 6.10 Å². The first-order valence-electron chi connectivity index (χ1n) is 6.85. The van der Waals surface area contributed by atoms with Crippen molar-refractivity contribution < 1.29 is 5.11 Å². The fraction of sp³-hybridized carbons (Fsp3) is 0.333. The SMILES string of the molecule is Cc1c(C)c(C)c(C(O)c2ccccc2Br)c(C)c1C. The molecule has 1 unspecified atom stereocenters. The Hall–Kier alpha value is -1.12. The largest absolute Gasteiger partial charge is 0.384 e. The summed E-state index contributed by atoms with van der Waals surface area (Å²) >= 11 is 3.53. The molecule has 0 aliphatic heterocycles. The summed E-state index contributed by atoms with van der Waals surface area (Å²) in [6.07, 6.45) is -0.594. The molecule has 2 rings (SSSR count). The number of hydrogen-bond donors (Lipinski definition) is 1. The first-order valence-corrected chi connectivity index (χ1v) is 7.64. The van der Waals surface area contributed by atoms with E-state index >= 15 is 0 Å². The van der Waals surface area contributed by atoms with E-state index in [1.54, 1.807) is 0 Å². The highest BCUT2D eigenvalue weighted by atomic mass is 79.9. The third-order valence-electron chi connectivity index (χ3n) is 4.53. The zero-order chi connectivity index (χ0) is 15.0. The van der Waals surface area contributed by atoms with Gasteiger partial charge in [-0.3, -0.25) is 0 Å². The summed E-state index contributed by atoms with van der Waals surface area (Å²) < 4.78 is 0.946. The Morgan fingerprint density at radius 2 is 1.25 bits per heavy atom. The van der Waals surface area contributed by atoms with Crippen molar-refractivity contribution in [2.45, 2.75) is 40.7 Å². The van der Waals surface area contributed by atoms with Crippen LogP contribution in [0.15, 0.2) is 28.7 Å². The average Bonchev–Trinajstić information content (AvgIpc) is 2.43. The van der Waals surface area contributed by atoms with Crippen molar-refractivity contribution in [2.24, 2.45) is 0 Å². The van der Waals surface area contributed by atoms with Gasteiger partial charge in [0.15, 0.2) is 0 Å². The van der Waals surface area contributed by atoms with Crippen molar-refractivity contribution in [1.82, 2.24) is 0 Å². The molecule has 1 atom stereocenters. The van der Waals surface area contributed by atoms with Gasteiger partial charge in [0.1, 0.15) is 6.10 Å². The Kier molecular flexibility index (Phi) is 4.36. The predicted molar refractivity (Wildman–Crippen MR) is 88.3 cm³/mol. The Labute approximate surface area is 129 Å². The molecule has 20 heavy (non-hydrogen) atoms. The average molecular weight is 333 g/mol. The maximum atomic E-state index is 10.8. The fourth-order valence-corrected chi connectivity index (χ4v) is 3.29. The molecule has 0 saturated heterocycles. The first kappa shape index (κ1) is 15.3. The van der Waals surface area contributed by atoms with Crippen molar-refractivity contribution in [1.29, 1.82) is 0 Å². The molecule has 0 fully saturated rings. The van der Waals surface area contributed by atoms with Crippen LogP contribution in [-0.4, -0.2) is 5.11 Å². The molecule has 2 aromatic carbocycles. The molecular formula is C18H21BrO. The molecule has 0 radical (unpaired) electrons. The van der Waals surface area contributed by atoms with E-state index in [4.69, 9.17) is 0 Å². The second-order valence-corrected chi connectivity index (χ2v) is 6.32. The molecule has 0 saturated carbocycles. The predicted octanol–water partition coefficient (Wildman–Crippen LogP) is 5.07. The molecule has 0 aliphatic carbocycles. The second-order valence-electron chi connectivity index (χ2n) is 5.46. The van der Waals surface area contributed by atoms with E-state index in [9.17, 15) is 5.11 Å². The van der Waals surface area contributed by atoms with Crippen LogP contribution in [-0.2, 0) is 0 Å². The number of aliphatic hydroxyl groups is 1. The molecule has 2 heteroatoms. The van der Waals surface area contributed by atoms with Crippen molar-refractivity contribution >= 4 is 15.9 Å². The number of benzene rings is 2. The van der Waals surface area contributed by atoms with Crippen LogP contribution in [0, 0.1) is 34.6 Å². The highest BCUT2D eigenvalue weighted by molar-refractivity contribution is 9.10. The van der Waals surface area contributed by atoms with Crippen LogP contribution in [0.3, 0.4) is 0 Å². The van der Waals surface area contributed by atoms with E-state index in [0.717, 1.165) is 15.6 Å². The van der Waals surface area contributed by atoms with Crippen molar-refractivity contribution in [3.05, 3.63) is 67.7 Å². The zero-order valence-electron chi connectivity index (χ0n) is 12.7. The molecule has 0 heterocycles. The highest BCUT2D eigenvalue weighted by Gasteiger charge is 2.21. The van der Waals surface area contributed by atoms with Gasteiger partial charge in [0.05, 0.1) is 0 Å². The Morgan fingerprint density at radius 1 is 0.800 bits per heavy atom. The lowest BCUT2D eigenvalue weighted by Crippen LogP contribution is -2.09. The van der Waals surface area contributed by atoms with Crippen molar-refractivity contribution in [3.63, 3.8) is 0 Å². The topological polar surface area (TPSA) is 20.2 Å². The van der Waals surface area contributed by atoms with Crippen LogP contribution in [0.1, 0.15) is 45.0 Å². The van der Waals surface area contributed by atoms with Crippen LogP contribution >= 0.6 is 15.9 Å². The van der Waals surface area contributed by atoms with E-state index in [-0.39, 0.29) is 0 Å². The number of rotatable bonds is 2. The van der Waals surface area contributed by atoms with Gasteiger partial charge in [0, 0.05) is 4.47 Å². The number of halogens is 1. The quantitative estimate of drug-likeness (QED) is 0.813. The molecule has 0 bridgehead atoms. The smallest absolute Gasteiger partial charge is 0.106 e. The summed E-state index contributed by atoms with van der Waals surface area (Å²) in [5.74, 6) is 0. The maximum absolute atomic E-state index is 10.8. The standard InChI is InChI=1S/C18H21BrO/c1-10-11(2)13(4)17(14(5)12(10)3)18(20)15-8-6-7-9-16(15)19/h6-9,18,20H,1-5H3. The van der Waals surface area contributed by atoms with Crippen LogP contribution in [0.5, 0.6) is 0 Å². The van der Waals surface area contributed by atoms with Gasteiger partial charge in [-0.15, -0.1) is 0 Å². The monoisotopic (exact) mass is 332 g/mol. The number of aliphatic hydroxyl groups excluding tert-OH is 1. The van der Waals surface area contributed by atoms with Crippen molar-refractivity contribution in [3.8, 4) is 0 Å². The minimum absolute atomic E-state index is 0.594. The molecule has 0 aromatic heterocycles. The van der Waals surface area contributed by atoms with Crippen LogP contribution in [0.2, 0.25) is 0 Å². The van der Waals surface area contributed by atoms with Crippen LogP contribution < -0.4 is 0 Å². The summed E-state index contributed by atoms with van der Waals surface area (Å²) in [5, 5.41) is 10.8. The highest BCUT2D eigenvalue weighted by Crippen LogP contribution is 2.35. The molecular weight excluding hydrogens is 312 g/mol. The lowest BCUT2D eigenvalue weighted by molar-refractivity contribution is 0.218. The molecule has 0 amide bonds. The lowest BCUT2D eigenvalue weighted by atomic mass is 9.85. The van der Waals surface area contributed by atoms with Gasteiger partial charge in [-0.05, 0) is 79.6 Å². The number of hydrogen-bond acceptors (Lipinski definition) is 1. The normalized spacial score (nSPS) is 12.6. The first-order chi connectivity index (χ1) is 9.36. The summed E-state index contributed by atoms with van der Waals surface area (Å²) in [6.45, 7) is 10.6. The van der Waals surface area contributed by atoms with Gasteiger partial charge in [-0.25, -0.2) is 0 Å². The Balaban J connectivity index is 2.68. The minimum atomic E-state index is -0.594.